The maximum absolute atomic E-state index is 12.5. The third-order valence-corrected chi connectivity index (χ3v) is 3.95. The standard InChI is InChI=1S/C16H20N4O.ClH/c1-17-13-6-5-10-19(12-13)16(21)15-9-11-20(18-15)14-7-3-2-4-8-14;/h2-4,7-9,11,13,17H,5-6,10,12H2,1H3;1H. The summed E-state index contributed by atoms with van der Waals surface area (Å²) in [6, 6.07) is 12.0. The highest BCUT2D eigenvalue weighted by Gasteiger charge is 2.24. The number of hydrogen-bond acceptors (Lipinski definition) is 3. The maximum atomic E-state index is 12.5. The minimum Gasteiger partial charge on any atom is -0.336 e. The minimum atomic E-state index is 0. The van der Waals surface area contributed by atoms with Gasteiger partial charge in [0.2, 0.25) is 0 Å². The molecule has 6 heteroatoms. The Labute approximate surface area is 136 Å². The largest absolute Gasteiger partial charge is 0.336 e. The van der Waals surface area contributed by atoms with Gasteiger partial charge in [0.25, 0.3) is 5.91 Å². The highest BCUT2D eigenvalue weighted by atomic mass is 35.5. The predicted molar refractivity (Wildman–Crippen MR) is 88.8 cm³/mol. The summed E-state index contributed by atoms with van der Waals surface area (Å²) in [5, 5.41) is 7.66. The molecule has 0 spiro atoms. The molecule has 0 aliphatic carbocycles. The second kappa shape index (κ2) is 7.42. The van der Waals surface area contributed by atoms with Gasteiger partial charge in [-0.1, -0.05) is 18.2 Å². The highest BCUT2D eigenvalue weighted by Crippen LogP contribution is 2.14. The molecule has 1 fully saturated rings. The number of rotatable bonds is 3. The molecule has 3 rings (SSSR count). The number of likely N-dealkylation sites (N-methyl/N-ethyl adjacent to an activating group) is 1. The summed E-state index contributed by atoms with van der Waals surface area (Å²) in [6.07, 6.45) is 4.00. The van der Waals surface area contributed by atoms with Crippen molar-refractivity contribution in [1.29, 1.82) is 0 Å². The van der Waals surface area contributed by atoms with Gasteiger partial charge >= 0.3 is 0 Å². The van der Waals surface area contributed by atoms with Crippen LogP contribution in [0.4, 0.5) is 0 Å². The van der Waals surface area contributed by atoms with Gasteiger partial charge in [0.05, 0.1) is 5.69 Å². The van der Waals surface area contributed by atoms with Crippen LogP contribution in [0.25, 0.3) is 5.69 Å². The van der Waals surface area contributed by atoms with Crippen molar-refractivity contribution >= 4 is 18.3 Å². The Balaban J connectivity index is 0.00000176. The molecule has 0 bridgehead atoms. The second-order valence-electron chi connectivity index (χ2n) is 5.36. The smallest absolute Gasteiger partial charge is 0.274 e. The third-order valence-electron chi connectivity index (χ3n) is 3.95. The van der Waals surface area contributed by atoms with Crippen molar-refractivity contribution in [3.63, 3.8) is 0 Å². The number of benzene rings is 1. The molecule has 1 aliphatic rings. The number of nitrogens with zero attached hydrogens (tertiary/aromatic N) is 3. The van der Waals surface area contributed by atoms with E-state index in [1.54, 1.807) is 10.7 Å². The van der Waals surface area contributed by atoms with Crippen LogP contribution in [0.15, 0.2) is 42.6 Å². The quantitative estimate of drug-likeness (QED) is 0.942. The van der Waals surface area contributed by atoms with Crippen LogP contribution >= 0.6 is 12.4 Å². The van der Waals surface area contributed by atoms with Gasteiger partial charge in [-0.25, -0.2) is 4.68 Å². The highest BCUT2D eigenvalue weighted by molar-refractivity contribution is 5.92. The Kier molecular flexibility index (Phi) is 5.57. The molecule has 118 valence electrons. The molecule has 5 nitrogen and oxygen atoms in total. The van der Waals surface area contributed by atoms with Gasteiger partial charge < -0.3 is 10.2 Å². The first-order valence-electron chi connectivity index (χ1n) is 7.35. The average Bonchev–Trinajstić information content (AvgIpc) is 3.05. The van der Waals surface area contributed by atoms with Crippen molar-refractivity contribution in [1.82, 2.24) is 20.0 Å². The molecule has 1 aromatic carbocycles. The van der Waals surface area contributed by atoms with Crippen molar-refractivity contribution in [3.05, 3.63) is 48.3 Å². The SMILES string of the molecule is CNC1CCCN(C(=O)c2ccn(-c3ccccc3)n2)C1.Cl. The van der Waals surface area contributed by atoms with Crippen LogP contribution in [0.3, 0.4) is 0 Å². The molecule has 22 heavy (non-hydrogen) atoms. The first-order valence-corrected chi connectivity index (χ1v) is 7.35. The Bertz CT molecular complexity index is 614. The van der Waals surface area contributed by atoms with Crippen molar-refractivity contribution < 1.29 is 4.79 Å². The molecule has 1 unspecified atom stereocenters. The fraction of sp³-hybridized carbons (Fsp3) is 0.375. The number of carbonyl (C=O) groups is 1. The van der Waals surface area contributed by atoms with Crippen LogP contribution in [0, 0.1) is 0 Å². The van der Waals surface area contributed by atoms with E-state index >= 15 is 0 Å². The summed E-state index contributed by atoms with van der Waals surface area (Å²) in [7, 11) is 1.95. The van der Waals surface area contributed by atoms with Gasteiger partial charge in [-0.15, -0.1) is 12.4 Å². The first kappa shape index (κ1) is 16.5. The van der Waals surface area contributed by atoms with Gasteiger partial charge in [-0.3, -0.25) is 4.79 Å². The molecule has 2 aromatic rings. The lowest BCUT2D eigenvalue weighted by molar-refractivity contribution is 0.0691. The van der Waals surface area contributed by atoms with E-state index in [0.717, 1.165) is 31.6 Å². The van der Waals surface area contributed by atoms with Crippen LogP contribution in [0.2, 0.25) is 0 Å². The Hall–Kier alpha value is -1.85. The number of hydrogen-bond donors (Lipinski definition) is 1. The zero-order valence-electron chi connectivity index (χ0n) is 12.6. The molecule has 1 N–H and O–H groups in total. The van der Waals surface area contributed by atoms with E-state index in [2.05, 4.69) is 10.4 Å². The topological polar surface area (TPSA) is 50.2 Å². The fourth-order valence-electron chi connectivity index (χ4n) is 2.72. The molecule has 0 saturated carbocycles. The van der Waals surface area contributed by atoms with E-state index in [0.29, 0.717) is 11.7 Å². The van der Waals surface area contributed by atoms with Crippen molar-refractivity contribution in [2.45, 2.75) is 18.9 Å². The van der Waals surface area contributed by atoms with E-state index in [9.17, 15) is 4.79 Å². The number of para-hydroxylation sites is 1. The maximum Gasteiger partial charge on any atom is 0.274 e. The van der Waals surface area contributed by atoms with Gasteiger partial charge in [0.1, 0.15) is 0 Å². The van der Waals surface area contributed by atoms with Gasteiger partial charge in [0.15, 0.2) is 5.69 Å². The number of nitrogens with one attached hydrogen (secondary N) is 1. The zero-order valence-corrected chi connectivity index (χ0v) is 13.4. The van der Waals surface area contributed by atoms with Crippen molar-refractivity contribution in [2.24, 2.45) is 0 Å². The second-order valence-corrected chi connectivity index (χ2v) is 5.36. The lowest BCUT2D eigenvalue weighted by Gasteiger charge is -2.32. The predicted octanol–water partition coefficient (Wildman–Crippen LogP) is 2.12. The summed E-state index contributed by atoms with van der Waals surface area (Å²) in [5.74, 6) is 0.0182. The van der Waals surface area contributed by atoms with Crippen LogP contribution < -0.4 is 5.32 Å². The zero-order chi connectivity index (χ0) is 14.7. The van der Waals surface area contributed by atoms with E-state index < -0.39 is 0 Å². The lowest BCUT2D eigenvalue weighted by Crippen LogP contribution is -2.47. The summed E-state index contributed by atoms with van der Waals surface area (Å²) in [4.78, 5) is 14.4. The molecule has 0 radical (unpaired) electrons. The summed E-state index contributed by atoms with van der Waals surface area (Å²) in [6.45, 7) is 1.57. The number of amides is 1. The molecular formula is C16H21ClN4O. The van der Waals surface area contributed by atoms with E-state index in [1.807, 2.05) is 48.5 Å². The average molecular weight is 321 g/mol. The molecule has 1 amide bonds. The first-order chi connectivity index (χ1) is 10.3. The van der Waals surface area contributed by atoms with Crippen LogP contribution in [-0.2, 0) is 0 Å². The monoisotopic (exact) mass is 320 g/mol. The number of halogens is 1. The number of carbonyl (C=O) groups excluding carboxylic acids is 1. The van der Waals surface area contributed by atoms with Crippen LogP contribution in [-0.4, -0.2) is 46.8 Å². The third kappa shape index (κ3) is 3.48. The van der Waals surface area contributed by atoms with E-state index in [1.165, 1.54) is 0 Å². The summed E-state index contributed by atoms with van der Waals surface area (Å²) >= 11 is 0. The number of aromatic nitrogens is 2. The molecule has 1 aliphatic heterocycles. The van der Waals surface area contributed by atoms with Gasteiger partial charge in [-0.05, 0) is 38.1 Å². The van der Waals surface area contributed by atoms with E-state index in [4.69, 9.17) is 0 Å². The van der Waals surface area contributed by atoms with Gasteiger partial charge in [0, 0.05) is 25.3 Å². The molecule has 1 aromatic heterocycles. The Morgan fingerprint density at radius 2 is 2.05 bits per heavy atom. The molecule has 1 saturated heterocycles. The minimum absolute atomic E-state index is 0. The van der Waals surface area contributed by atoms with Crippen LogP contribution in [0.1, 0.15) is 23.3 Å². The van der Waals surface area contributed by atoms with Crippen molar-refractivity contribution in [2.75, 3.05) is 20.1 Å². The van der Waals surface area contributed by atoms with E-state index in [-0.39, 0.29) is 18.3 Å². The van der Waals surface area contributed by atoms with Crippen LogP contribution in [0.5, 0.6) is 0 Å². The molecule has 1 atom stereocenters. The molecular weight excluding hydrogens is 300 g/mol. The summed E-state index contributed by atoms with van der Waals surface area (Å²) < 4.78 is 1.74. The fourth-order valence-corrected chi connectivity index (χ4v) is 2.72. The number of likely N-dealkylation sites (tertiary alicyclic amines) is 1. The molecule has 2 heterocycles. The Morgan fingerprint density at radius 3 is 2.77 bits per heavy atom. The normalized spacial score (nSPS) is 17.9. The van der Waals surface area contributed by atoms with Gasteiger partial charge in [-0.2, -0.15) is 5.10 Å². The number of piperidine rings is 1. The van der Waals surface area contributed by atoms with Crippen molar-refractivity contribution in [3.8, 4) is 5.69 Å². The Morgan fingerprint density at radius 1 is 1.27 bits per heavy atom. The summed E-state index contributed by atoms with van der Waals surface area (Å²) in [5.41, 5.74) is 1.47. The lowest BCUT2D eigenvalue weighted by atomic mass is 10.1.